The van der Waals surface area contributed by atoms with Crippen LogP contribution in [0.15, 0.2) is 18.2 Å². The minimum atomic E-state index is -3.31. The summed E-state index contributed by atoms with van der Waals surface area (Å²) in [6.07, 6.45) is 1.09. The van der Waals surface area contributed by atoms with Gasteiger partial charge in [-0.05, 0) is 39.0 Å². The number of aromatic hydroxyl groups is 1. The van der Waals surface area contributed by atoms with Crippen molar-refractivity contribution in [2.75, 3.05) is 12.8 Å². The Hall–Kier alpha value is -1.18. The molecule has 1 unspecified atom stereocenters. The molecule has 1 aromatic carbocycles. The van der Waals surface area contributed by atoms with Crippen LogP contribution in [-0.4, -0.2) is 31.9 Å². The molecule has 0 saturated carbocycles. The van der Waals surface area contributed by atoms with Crippen LogP contribution in [0.1, 0.15) is 32.4 Å². The molecule has 0 aliphatic carbocycles. The van der Waals surface area contributed by atoms with E-state index in [-0.39, 0.29) is 11.8 Å². The SMILES string of the molecule is CC(NCC(C)(C)NS(C)(=O)=O)c1cc(F)ccc1O. The monoisotopic (exact) mass is 304 g/mol. The van der Waals surface area contributed by atoms with Gasteiger partial charge in [-0.2, -0.15) is 0 Å². The second-order valence-corrected chi connectivity index (χ2v) is 7.31. The Labute approximate surface area is 119 Å². The zero-order valence-electron chi connectivity index (χ0n) is 12.1. The van der Waals surface area contributed by atoms with Gasteiger partial charge in [-0.1, -0.05) is 0 Å². The highest BCUT2D eigenvalue weighted by atomic mass is 32.2. The molecule has 114 valence electrons. The third-order valence-corrected chi connectivity index (χ3v) is 3.69. The van der Waals surface area contributed by atoms with Gasteiger partial charge < -0.3 is 10.4 Å². The third-order valence-electron chi connectivity index (χ3n) is 2.77. The Balaban J connectivity index is 2.72. The van der Waals surface area contributed by atoms with Crippen LogP contribution in [-0.2, 0) is 10.0 Å². The molecule has 1 atom stereocenters. The number of hydrogen-bond donors (Lipinski definition) is 3. The van der Waals surface area contributed by atoms with Crippen LogP contribution in [0.3, 0.4) is 0 Å². The molecule has 0 fully saturated rings. The van der Waals surface area contributed by atoms with E-state index in [0.717, 1.165) is 6.26 Å². The van der Waals surface area contributed by atoms with Crippen molar-refractivity contribution in [2.24, 2.45) is 0 Å². The Morgan fingerprint density at radius 1 is 1.40 bits per heavy atom. The first-order valence-corrected chi connectivity index (χ1v) is 8.10. The van der Waals surface area contributed by atoms with Gasteiger partial charge >= 0.3 is 0 Å². The summed E-state index contributed by atoms with van der Waals surface area (Å²) >= 11 is 0. The van der Waals surface area contributed by atoms with Crippen LogP contribution in [0, 0.1) is 5.82 Å². The summed E-state index contributed by atoms with van der Waals surface area (Å²) in [5.74, 6) is -0.430. The Morgan fingerprint density at radius 3 is 2.55 bits per heavy atom. The molecule has 0 radical (unpaired) electrons. The van der Waals surface area contributed by atoms with Gasteiger partial charge in [0.15, 0.2) is 0 Å². The minimum Gasteiger partial charge on any atom is -0.508 e. The van der Waals surface area contributed by atoms with Gasteiger partial charge in [0.1, 0.15) is 11.6 Å². The maximum absolute atomic E-state index is 13.2. The summed E-state index contributed by atoms with van der Waals surface area (Å²) in [5, 5.41) is 12.8. The average molecular weight is 304 g/mol. The molecule has 0 aliphatic heterocycles. The highest BCUT2D eigenvalue weighted by Crippen LogP contribution is 2.24. The fraction of sp³-hybridized carbons (Fsp3) is 0.538. The first-order chi connectivity index (χ1) is 9.00. The molecule has 0 aliphatic rings. The fourth-order valence-electron chi connectivity index (χ4n) is 1.93. The molecule has 20 heavy (non-hydrogen) atoms. The lowest BCUT2D eigenvalue weighted by Crippen LogP contribution is -2.50. The van der Waals surface area contributed by atoms with Crippen molar-refractivity contribution >= 4 is 10.0 Å². The minimum absolute atomic E-state index is 0.000258. The van der Waals surface area contributed by atoms with E-state index in [9.17, 15) is 17.9 Å². The van der Waals surface area contributed by atoms with E-state index in [1.165, 1.54) is 18.2 Å². The summed E-state index contributed by atoms with van der Waals surface area (Å²) in [6.45, 7) is 5.57. The molecular formula is C13H21FN2O3S. The van der Waals surface area contributed by atoms with Crippen LogP contribution in [0.2, 0.25) is 0 Å². The van der Waals surface area contributed by atoms with E-state index in [1.54, 1.807) is 20.8 Å². The third kappa shape index (κ3) is 5.44. The van der Waals surface area contributed by atoms with Gasteiger partial charge in [0.2, 0.25) is 10.0 Å². The number of hydrogen-bond acceptors (Lipinski definition) is 4. The first kappa shape index (κ1) is 16.9. The zero-order chi connectivity index (χ0) is 15.6. The average Bonchev–Trinajstić information content (AvgIpc) is 2.26. The Morgan fingerprint density at radius 2 is 2.00 bits per heavy atom. The number of phenolic OH excluding ortho intramolecular Hbond substituents is 1. The van der Waals surface area contributed by atoms with E-state index in [4.69, 9.17) is 0 Å². The maximum atomic E-state index is 13.2. The van der Waals surface area contributed by atoms with Crippen molar-refractivity contribution in [3.8, 4) is 5.75 Å². The van der Waals surface area contributed by atoms with E-state index in [1.807, 2.05) is 0 Å². The largest absolute Gasteiger partial charge is 0.508 e. The molecule has 0 spiro atoms. The molecule has 1 rings (SSSR count). The van der Waals surface area contributed by atoms with Crippen LogP contribution >= 0.6 is 0 Å². The molecule has 3 N–H and O–H groups in total. The smallest absolute Gasteiger partial charge is 0.209 e. The molecule has 7 heteroatoms. The number of nitrogens with one attached hydrogen (secondary N) is 2. The predicted octanol–water partition coefficient (Wildman–Crippen LogP) is 1.51. The highest BCUT2D eigenvalue weighted by Gasteiger charge is 2.23. The predicted molar refractivity (Wildman–Crippen MR) is 76.5 cm³/mol. The summed E-state index contributed by atoms with van der Waals surface area (Å²) in [5.41, 5.74) is -0.259. The van der Waals surface area contributed by atoms with E-state index in [0.29, 0.717) is 12.1 Å². The molecule has 5 nitrogen and oxygen atoms in total. The summed E-state index contributed by atoms with van der Waals surface area (Å²) in [4.78, 5) is 0. The Bertz CT molecular complexity index is 573. The van der Waals surface area contributed by atoms with Gasteiger partial charge in [-0.3, -0.25) is 0 Å². The van der Waals surface area contributed by atoms with Crippen LogP contribution in [0.4, 0.5) is 4.39 Å². The summed E-state index contributed by atoms with van der Waals surface area (Å²) < 4.78 is 38.1. The van der Waals surface area contributed by atoms with Crippen molar-refractivity contribution in [2.45, 2.75) is 32.4 Å². The Kier molecular flexibility index (Phi) is 5.12. The first-order valence-electron chi connectivity index (χ1n) is 6.21. The van der Waals surface area contributed by atoms with Gasteiger partial charge in [0, 0.05) is 23.7 Å². The molecule has 0 amide bonds. The second-order valence-electron chi connectivity index (χ2n) is 5.56. The van der Waals surface area contributed by atoms with Gasteiger partial charge in [-0.25, -0.2) is 17.5 Å². The molecule has 1 aromatic rings. The number of phenols is 1. The molecular weight excluding hydrogens is 283 g/mol. The fourth-order valence-corrected chi connectivity index (χ4v) is 3.00. The number of rotatable bonds is 6. The van der Waals surface area contributed by atoms with Crippen molar-refractivity contribution < 1.29 is 17.9 Å². The topological polar surface area (TPSA) is 78.4 Å². The molecule has 0 saturated heterocycles. The van der Waals surface area contributed by atoms with Crippen molar-refractivity contribution in [3.05, 3.63) is 29.6 Å². The number of sulfonamides is 1. The molecule has 0 bridgehead atoms. The lowest BCUT2D eigenvalue weighted by molar-refractivity contribution is 0.390. The zero-order valence-corrected chi connectivity index (χ0v) is 12.9. The van der Waals surface area contributed by atoms with Gasteiger partial charge in [0.25, 0.3) is 0 Å². The van der Waals surface area contributed by atoms with E-state index in [2.05, 4.69) is 10.0 Å². The van der Waals surface area contributed by atoms with E-state index >= 15 is 0 Å². The maximum Gasteiger partial charge on any atom is 0.209 e. The second kappa shape index (κ2) is 6.07. The summed E-state index contributed by atoms with van der Waals surface area (Å²) in [6, 6.07) is 3.42. The van der Waals surface area contributed by atoms with Gasteiger partial charge in [0.05, 0.1) is 6.26 Å². The van der Waals surface area contributed by atoms with E-state index < -0.39 is 21.4 Å². The standard InChI is InChI=1S/C13H21FN2O3S/c1-9(11-7-10(14)5-6-12(11)17)15-8-13(2,3)16-20(4,18)19/h5-7,9,15-17H,8H2,1-4H3. The number of halogens is 1. The summed E-state index contributed by atoms with van der Waals surface area (Å²) in [7, 11) is -3.31. The van der Waals surface area contributed by atoms with Crippen molar-refractivity contribution in [3.63, 3.8) is 0 Å². The van der Waals surface area contributed by atoms with Crippen LogP contribution in [0.25, 0.3) is 0 Å². The van der Waals surface area contributed by atoms with Crippen LogP contribution in [0.5, 0.6) is 5.75 Å². The molecule has 0 aromatic heterocycles. The lowest BCUT2D eigenvalue weighted by Gasteiger charge is -2.27. The van der Waals surface area contributed by atoms with Crippen LogP contribution < -0.4 is 10.0 Å². The lowest BCUT2D eigenvalue weighted by atomic mass is 10.0. The highest BCUT2D eigenvalue weighted by molar-refractivity contribution is 7.88. The molecule has 0 heterocycles. The normalized spacial score (nSPS) is 14.2. The van der Waals surface area contributed by atoms with Crippen molar-refractivity contribution in [1.82, 2.24) is 10.0 Å². The van der Waals surface area contributed by atoms with Crippen molar-refractivity contribution in [1.29, 1.82) is 0 Å². The number of benzene rings is 1. The van der Waals surface area contributed by atoms with Gasteiger partial charge in [-0.15, -0.1) is 0 Å². The quantitative estimate of drug-likeness (QED) is 0.744.